The lowest BCUT2D eigenvalue weighted by molar-refractivity contribution is 0.0388. The fraction of sp³-hybridized carbons (Fsp3) is 0.857. The third kappa shape index (κ3) is 1.75. The van der Waals surface area contributed by atoms with Crippen molar-refractivity contribution in [3.8, 4) is 0 Å². The summed E-state index contributed by atoms with van der Waals surface area (Å²) in [6, 6.07) is 0. The van der Waals surface area contributed by atoms with Gasteiger partial charge in [0.15, 0.2) is 0 Å². The molecule has 11 heavy (non-hydrogen) atoms. The van der Waals surface area contributed by atoms with E-state index in [4.69, 9.17) is 0 Å². The van der Waals surface area contributed by atoms with Crippen molar-refractivity contribution in [2.45, 2.75) is 25.6 Å². The highest BCUT2D eigenvalue weighted by Crippen LogP contribution is 2.36. The first kappa shape index (κ1) is 7.58. The van der Waals surface area contributed by atoms with E-state index in [9.17, 15) is 5.11 Å². The van der Waals surface area contributed by atoms with Crippen LogP contribution in [0.5, 0.6) is 0 Å². The van der Waals surface area contributed by atoms with Crippen LogP contribution in [0.25, 0.3) is 0 Å². The molecule has 0 radical (unpaired) electrons. The Morgan fingerprint density at radius 1 is 1.73 bits per heavy atom. The summed E-state index contributed by atoms with van der Waals surface area (Å²) in [4.78, 5) is 4.20. The van der Waals surface area contributed by atoms with Crippen LogP contribution in [-0.2, 0) is 0 Å². The Balaban J connectivity index is 2.12. The van der Waals surface area contributed by atoms with Gasteiger partial charge in [-0.3, -0.25) is 5.32 Å². The number of hydrogen-bond acceptors (Lipinski definition) is 4. The molecule has 4 heteroatoms. The molecule has 2 N–H and O–H groups in total. The van der Waals surface area contributed by atoms with Crippen LogP contribution in [0.15, 0.2) is 4.99 Å². The summed E-state index contributed by atoms with van der Waals surface area (Å²) in [5, 5.41) is 13.5. The van der Waals surface area contributed by atoms with Gasteiger partial charge in [-0.25, -0.2) is 4.99 Å². The smallest absolute Gasteiger partial charge is 0.211 e. The molecule has 1 aliphatic carbocycles. The fourth-order valence-corrected chi connectivity index (χ4v) is 2.28. The minimum absolute atomic E-state index is 0.661. The van der Waals surface area contributed by atoms with E-state index in [1.165, 1.54) is 12.8 Å². The predicted molar refractivity (Wildman–Crippen MR) is 46.4 cm³/mol. The number of aliphatic hydroxyl groups is 1. The zero-order valence-electron chi connectivity index (χ0n) is 6.50. The van der Waals surface area contributed by atoms with Gasteiger partial charge in [-0.2, -0.15) is 0 Å². The third-order valence-electron chi connectivity index (χ3n) is 1.88. The Bertz CT molecular complexity index is 199. The Morgan fingerprint density at radius 2 is 2.45 bits per heavy atom. The topological polar surface area (TPSA) is 44.6 Å². The van der Waals surface area contributed by atoms with Crippen LogP contribution in [0.3, 0.4) is 0 Å². The van der Waals surface area contributed by atoms with Crippen LogP contribution in [0.1, 0.15) is 19.8 Å². The van der Waals surface area contributed by atoms with Crippen molar-refractivity contribution in [1.82, 2.24) is 5.32 Å². The lowest BCUT2D eigenvalue weighted by Crippen LogP contribution is -2.43. The van der Waals surface area contributed by atoms with E-state index >= 15 is 0 Å². The maximum Gasteiger partial charge on any atom is 0.211 e. The van der Waals surface area contributed by atoms with Crippen molar-refractivity contribution in [1.29, 1.82) is 0 Å². The minimum atomic E-state index is -1.01. The number of hydrogen-bond donors (Lipinski definition) is 2. The Morgan fingerprint density at radius 3 is 3.00 bits per heavy atom. The van der Waals surface area contributed by atoms with E-state index in [1.807, 2.05) is 0 Å². The van der Waals surface area contributed by atoms with Gasteiger partial charge in [0, 0.05) is 12.8 Å². The zero-order valence-corrected chi connectivity index (χ0v) is 7.32. The van der Waals surface area contributed by atoms with Gasteiger partial charge >= 0.3 is 0 Å². The van der Waals surface area contributed by atoms with Crippen LogP contribution in [0, 0.1) is 5.92 Å². The van der Waals surface area contributed by atoms with Crippen molar-refractivity contribution in [2.75, 3.05) is 5.88 Å². The van der Waals surface area contributed by atoms with E-state index in [0.29, 0.717) is 5.92 Å². The number of nitrogens with one attached hydrogen (secondary N) is 1. The van der Waals surface area contributed by atoms with Gasteiger partial charge in [-0.15, -0.1) is 0 Å². The van der Waals surface area contributed by atoms with Gasteiger partial charge in [0.25, 0.3) is 0 Å². The molecule has 0 aromatic carbocycles. The largest absolute Gasteiger partial charge is 0.357 e. The lowest BCUT2D eigenvalue weighted by atomic mass is 10.4. The zero-order chi connectivity index (χ0) is 7.90. The molecule has 0 spiro atoms. The second-order valence-corrected chi connectivity index (χ2v) is 4.21. The first-order chi connectivity index (χ1) is 5.17. The first-order valence-corrected chi connectivity index (χ1v) is 4.86. The average molecular weight is 172 g/mol. The highest BCUT2D eigenvalue weighted by Gasteiger charge is 2.33. The Labute approximate surface area is 70.3 Å². The maximum absolute atomic E-state index is 9.51. The summed E-state index contributed by atoms with van der Waals surface area (Å²) in [6.45, 7) is 1.69. The number of rotatable bonds is 1. The molecular formula is C7H12N2OS. The molecule has 62 valence electrons. The molecular weight excluding hydrogens is 160 g/mol. The normalized spacial score (nSPS) is 38.5. The third-order valence-corrected chi connectivity index (χ3v) is 2.89. The second kappa shape index (κ2) is 2.47. The van der Waals surface area contributed by atoms with Crippen molar-refractivity contribution >= 4 is 16.8 Å². The molecule has 3 nitrogen and oxygen atoms in total. The van der Waals surface area contributed by atoms with E-state index in [-0.39, 0.29) is 0 Å². The summed E-state index contributed by atoms with van der Waals surface area (Å²) in [7, 11) is 0. The van der Waals surface area contributed by atoms with E-state index < -0.39 is 5.85 Å². The van der Waals surface area contributed by atoms with Crippen molar-refractivity contribution in [2.24, 2.45) is 10.9 Å². The van der Waals surface area contributed by atoms with Crippen LogP contribution in [0.2, 0.25) is 0 Å². The molecule has 2 aliphatic rings. The number of aliphatic imine (C=N–C) groups is 1. The minimum Gasteiger partial charge on any atom is -0.357 e. The van der Waals surface area contributed by atoms with Gasteiger partial charge in [0.05, 0.1) is 10.9 Å². The number of thioether (sulfide) groups is 1. The molecule has 2 rings (SSSR count). The molecule has 1 unspecified atom stereocenters. The van der Waals surface area contributed by atoms with E-state index in [0.717, 1.165) is 10.9 Å². The van der Waals surface area contributed by atoms with E-state index in [2.05, 4.69) is 10.3 Å². The van der Waals surface area contributed by atoms with E-state index in [1.54, 1.807) is 18.7 Å². The summed E-state index contributed by atoms with van der Waals surface area (Å²) >= 11 is 1.71. The van der Waals surface area contributed by atoms with Gasteiger partial charge in [0.2, 0.25) is 5.85 Å². The molecule has 0 bridgehead atoms. The fourth-order valence-electron chi connectivity index (χ4n) is 1.07. The van der Waals surface area contributed by atoms with Crippen molar-refractivity contribution < 1.29 is 5.11 Å². The molecule has 1 fully saturated rings. The van der Waals surface area contributed by atoms with Crippen molar-refractivity contribution in [3.63, 3.8) is 0 Å². The maximum atomic E-state index is 9.51. The van der Waals surface area contributed by atoms with Crippen LogP contribution in [-0.4, -0.2) is 21.9 Å². The standard InChI is InChI=1S/C7H12N2OS/c1-7(10)8-4-11-6(9-7)5-2-3-5/h5,8,10H,2-4H2,1H3. The van der Waals surface area contributed by atoms with Crippen LogP contribution >= 0.6 is 11.8 Å². The van der Waals surface area contributed by atoms with Gasteiger partial charge in [-0.05, 0) is 12.8 Å². The van der Waals surface area contributed by atoms with Gasteiger partial charge in [-0.1, -0.05) is 11.8 Å². The summed E-state index contributed by atoms with van der Waals surface area (Å²) < 4.78 is 0. The monoisotopic (exact) mass is 172 g/mol. The second-order valence-electron chi connectivity index (χ2n) is 3.21. The summed E-state index contributed by atoms with van der Waals surface area (Å²) in [6.07, 6.45) is 2.50. The van der Waals surface area contributed by atoms with Gasteiger partial charge in [0.1, 0.15) is 0 Å². The molecule has 0 aromatic rings. The van der Waals surface area contributed by atoms with Gasteiger partial charge < -0.3 is 5.11 Å². The quantitative estimate of drug-likeness (QED) is 0.613. The number of nitrogens with zero attached hydrogens (tertiary/aromatic N) is 1. The molecule has 0 amide bonds. The van der Waals surface area contributed by atoms with Crippen LogP contribution < -0.4 is 5.32 Å². The van der Waals surface area contributed by atoms with Crippen LogP contribution in [0.4, 0.5) is 0 Å². The highest BCUT2D eigenvalue weighted by molar-refractivity contribution is 8.14. The molecule has 1 atom stereocenters. The molecule has 1 heterocycles. The summed E-state index contributed by atoms with van der Waals surface area (Å²) in [5.41, 5.74) is 0. The first-order valence-electron chi connectivity index (χ1n) is 3.87. The summed E-state index contributed by atoms with van der Waals surface area (Å²) in [5.74, 6) is 0.430. The average Bonchev–Trinajstić information content (AvgIpc) is 2.65. The van der Waals surface area contributed by atoms with Crippen molar-refractivity contribution in [3.05, 3.63) is 0 Å². The Hall–Kier alpha value is -0.0600. The Kier molecular flexibility index (Phi) is 1.70. The molecule has 1 saturated carbocycles. The predicted octanol–water partition coefficient (Wildman–Crippen LogP) is 0.755. The molecule has 0 saturated heterocycles. The lowest BCUT2D eigenvalue weighted by Gasteiger charge is -2.26. The highest BCUT2D eigenvalue weighted by atomic mass is 32.2. The molecule has 0 aromatic heterocycles. The molecule has 1 aliphatic heterocycles. The SMILES string of the molecule is CC1(O)N=C(C2CC2)SCN1.